The van der Waals surface area contributed by atoms with Gasteiger partial charge in [0.25, 0.3) is 0 Å². The molecule has 2 rings (SSSR count). The predicted molar refractivity (Wildman–Crippen MR) is 121 cm³/mol. The molecule has 0 saturated carbocycles. The van der Waals surface area contributed by atoms with Gasteiger partial charge in [-0.05, 0) is 62.8 Å². The zero-order chi connectivity index (χ0) is 21.8. The number of nitrogens with two attached hydrogens (primary N) is 1. The van der Waals surface area contributed by atoms with E-state index in [-0.39, 0.29) is 16.9 Å². The van der Waals surface area contributed by atoms with Crippen molar-refractivity contribution in [2.45, 2.75) is 69.8 Å². The maximum absolute atomic E-state index is 14.2. The third-order valence-corrected chi connectivity index (χ3v) is 7.03. The third-order valence-electron chi connectivity index (χ3n) is 5.14. The van der Waals surface area contributed by atoms with Gasteiger partial charge in [-0.2, -0.15) is 5.26 Å². The molecule has 1 aliphatic rings. The molecule has 5 heteroatoms. The fourth-order valence-corrected chi connectivity index (χ4v) is 4.99. The summed E-state index contributed by atoms with van der Waals surface area (Å²) < 4.78 is 14.2. The van der Waals surface area contributed by atoms with Gasteiger partial charge in [0.15, 0.2) is 0 Å². The second-order valence-corrected chi connectivity index (χ2v) is 9.37. The Kier molecular flexibility index (Phi) is 7.87. The highest BCUT2D eigenvalue weighted by molar-refractivity contribution is 8.04. The van der Waals surface area contributed by atoms with Crippen molar-refractivity contribution in [2.24, 2.45) is 5.73 Å². The van der Waals surface area contributed by atoms with Crippen LogP contribution in [-0.4, -0.2) is 22.0 Å². The molecule has 29 heavy (non-hydrogen) atoms. The summed E-state index contributed by atoms with van der Waals surface area (Å²) in [5, 5.41) is 19.8. The summed E-state index contributed by atoms with van der Waals surface area (Å²) in [5.74, 6) is -0.556. The molecule has 0 saturated heterocycles. The molecule has 1 aromatic carbocycles. The fraction of sp³-hybridized carbons (Fsp3) is 0.458. The van der Waals surface area contributed by atoms with Gasteiger partial charge in [0.2, 0.25) is 0 Å². The zero-order valence-corrected chi connectivity index (χ0v) is 18.4. The number of hydrogen-bond acceptors (Lipinski definition) is 4. The lowest BCUT2D eigenvalue weighted by Gasteiger charge is -2.35. The smallest absolute Gasteiger partial charge is 0.141 e. The van der Waals surface area contributed by atoms with E-state index in [0.29, 0.717) is 12.0 Å². The van der Waals surface area contributed by atoms with Gasteiger partial charge in [-0.25, -0.2) is 4.39 Å². The average Bonchev–Trinajstić information content (AvgIpc) is 2.65. The minimum atomic E-state index is -1.08. The molecule has 156 valence electrons. The van der Waals surface area contributed by atoms with Gasteiger partial charge in [0.05, 0.1) is 16.4 Å². The number of benzene rings is 1. The number of aliphatic hydroxyl groups is 1. The molecule has 2 unspecified atom stereocenters. The van der Waals surface area contributed by atoms with Crippen molar-refractivity contribution < 1.29 is 9.50 Å². The highest BCUT2D eigenvalue weighted by Gasteiger charge is 2.34. The minimum absolute atomic E-state index is 0.00256. The number of allylic oxidation sites excluding steroid dienone is 1. The van der Waals surface area contributed by atoms with E-state index in [1.165, 1.54) is 12.1 Å². The molecule has 0 aromatic heterocycles. The van der Waals surface area contributed by atoms with E-state index < -0.39 is 11.4 Å². The van der Waals surface area contributed by atoms with E-state index in [2.05, 4.69) is 20.1 Å². The number of nitrogens with zero attached hydrogens (tertiary/aromatic N) is 1. The summed E-state index contributed by atoms with van der Waals surface area (Å²) in [6, 6.07) is 6.59. The standard InChI is InChI=1S/C24H31FN2OS/c1-6-7-19(27)11-8-15(2)22-16(3)12-20(23(29-22)24(4,5)28)17-9-10-18(14-26)21(25)13-17/h9-10,13,19,22,28H,2-3,6-8,11-12,27H2,1,4-5H3. The normalized spacial score (nSPS) is 18.5. The van der Waals surface area contributed by atoms with Crippen LogP contribution in [0.4, 0.5) is 4.39 Å². The van der Waals surface area contributed by atoms with Crippen molar-refractivity contribution >= 4 is 17.3 Å². The summed E-state index contributed by atoms with van der Waals surface area (Å²) in [4.78, 5) is 0.790. The molecule has 0 aliphatic carbocycles. The van der Waals surface area contributed by atoms with Gasteiger partial charge in [-0.1, -0.05) is 43.7 Å². The first-order valence-corrected chi connectivity index (χ1v) is 10.9. The van der Waals surface area contributed by atoms with E-state index in [0.717, 1.165) is 47.3 Å². The Morgan fingerprint density at radius 2 is 2.14 bits per heavy atom. The van der Waals surface area contributed by atoms with Gasteiger partial charge < -0.3 is 10.8 Å². The molecule has 3 N–H and O–H groups in total. The Labute approximate surface area is 178 Å². The molecular weight excluding hydrogens is 383 g/mol. The largest absolute Gasteiger partial charge is 0.385 e. The van der Waals surface area contributed by atoms with Gasteiger partial charge in [0, 0.05) is 10.9 Å². The summed E-state index contributed by atoms with van der Waals surface area (Å²) in [6.45, 7) is 14.1. The predicted octanol–water partition coefficient (Wildman–Crippen LogP) is 5.70. The van der Waals surface area contributed by atoms with Gasteiger partial charge in [-0.3, -0.25) is 0 Å². The SMILES string of the molecule is C=C(CCC(N)CCC)C1SC(C(C)(C)O)=C(c2ccc(C#N)c(F)c2)CC1=C. The maximum Gasteiger partial charge on any atom is 0.141 e. The van der Waals surface area contributed by atoms with Crippen molar-refractivity contribution in [3.05, 3.63) is 64.4 Å². The first kappa shape index (κ1) is 23.4. The number of halogens is 1. The first-order valence-electron chi connectivity index (χ1n) is 10.0. The average molecular weight is 415 g/mol. The Hall–Kier alpha value is -1.87. The Bertz CT molecular complexity index is 861. The minimum Gasteiger partial charge on any atom is -0.385 e. The van der Waals surface area contributed by atoms with Crippen LogP contribution in [0.2, 0.25) is 0 Å². The van der Waals surface area contributed by atoms with Crippen LogP contribution in [0, 0.1) is 17.1 Å². The molecule has 1 aliphatic heterocycles. The molecule has 3 nitrogen and oxygen atoms in total. The quantitative estimate of drug-likeness (QED) is 0.535. The number of rotatable bonds is 8. The monoisotopic (exact) mass is 414 g/mol. The molecule has 0 amide bonds. The molecule has 0 spiro atoms. The second kappa shape index (κ2) is 9.75. The summed E-state index contributed by atoms with van der Waals surface area (Å²) >= 11 is 1.54. The first-order chi connectivity index (χ1) is 13.6. The van der Waals surface area contributed by atoms with Crippen molar-refractivity contribution in [3.8, 4) is 6.07 Å². The van der Waals surface area contributed by atoms with E-state index >= 15 is 0 Å². The van der Waals surface area contributed by atoms with E-state index in [4.69, 9.17) is 11.0 Å². The fourth-order valence-electron chi connectivity index (χ4n) is 3.60. The number of thioether (sulfide) groups is 1. The highest BCUT2D eigenvalue weighted by atomic mass is 32.2. The molecule has 0 radical (unpaired) electrons. The molecule has 0 fully saturated rings. The van der Waals surface area contributed by atoms with Crippen LogP contribution >= 0.6 is 11.8 Å². The number of nitriles is 1. The molecular formula is C24H31FN2OS. The lowest BCUT2D eigenvalue weighted by molar-refractivity contribution is 0.129. The molecule has 1 aromatic rings. The van der Waals surface area contributed by atoms with E-state index in [1.807, 2.05) is 6.07 Å². The number of hydrogen-bond donors (Lipinski definition) is 2. The summed E-state index contributed by atoms with van der Waals surface area (Å²) in [6.07, 6.45) is 4.29. The van der Waals surface area contributed by atoms with E-state index in [1.54, 1.807) is 31.7 Å². The van der Waals surface area contributed by atoms with Crippen LogP contribution in [-0.2, 0) is 0 Å². The van der Waals surface area contributed by atoms with Crippen LogP contribution in [0.3, 0.4) is 0 Å². The second-order valence-electron chi connectivity index (χ2n) is 8.25. The van der Waals surface area contributed by atoms with Gasteiger partial charge in [0.1, 0.15) is 11.9 Å². The van der Waals surface area contributed by atoms with Crippen LogP contribution in [0.25, 0.3) is 5.57 Å². The van der Waals surface area contributed by atoms with Crippen LogP contribution < -0.4 is 5.73 Å². The molecule has 2 atom stereocenters. The van der Waals surface area contributed by atoms with Crippen molar-refractivity contribution in [1.82, 2.24) is 0 Å². The van der Waals surface area contributed by atoms with Gasteiger partial charge in [-0.15, -0.1) is 11.8 Å². The van der Waals surface area contributed by atoms with E-state index in [9.17, 15) is 9.50 Å². The molecule has 0 bridgehead atoms. The maximum atomic E-state index is 14.2. The van der Waals surface area contributed by atoms with Crippen molar-refractivity contribution in [3.63, 3.8) is 0 Å². The zero-order valence-electron chi connectivity index (χ0n) is 17.6. The lowest BCUT2D eigenvalue weighted by Crippen LogP contribution is -2.28. The summed E-state index contributed by atoms with van der Waals surface area (Å²) in [7, 11) is 0. The Morgan fingerprint density at radius 3 is 2.69 bits per heavy atom. The summed E-state index contributed by atoms with van der Waals surface area (Å²) in [5.41, 5.74) is 8.63. The highest BCUT2D eigenvalue weighted by Crippen LogP contribution is 2.49. The van der Waals surface area contributed by atoms with Crippen LogP contribution in [0.5, 0.6) is 0 Å². The van der Waals surface area contributed by atoms with Crippen molar-refractivity contribution in [1.29, 1.82) is 5.26 Å². The Morgan fingerprint density at radius 1 is 1.45 bits per heavy atom. The van der Waals surface area contributed by atoms with Crippen molar-refractivity contribution in [2.75, 3.05) is 0 Å². The van der Waals surface area contributed by atoms with Crippen LogP contribution in [0.15, 0.2) is 47.4 Å². The lowest BCUT2D eigenvalue weighted by atomic mass is 9.89. The van der Waals surface area contributed by atoms with Gasteiger partial charge >= 0.3 is 0 Å². The third kappa shape index (κ3) is 5.82. The molecule has 1 heterocycles. The topological polar surface area (TPSA) is 70.0 Å². The Balaban J connectivity index is 2.33. The van der Waals surface area contributed by atoms with Crippen LogP contribution in [0.1, 0.15) is 64.0 Å².